The molecular weight excluding hydrogens is 412 g/mol. The van der Waals surface area contributed by atoms with Gasteiger partial charge in [0.15, 0.2) is 0 Å². The van der Waals surface area contributed by atoms with E-state index in [0.717, 1.165) is 11.3 Å². The number of hydrogen-bond donors (Lipinski definition) is 2. The van der Waals surface area contributed by atoms with Crippen LogP contribution in [0, 0.1) is 0 Å². The fraction of sp³-hybridized carbons (Fsp3) is 0.100. The molecule has 7 nitrogen and oxygen atoms in total. The maximum absolute atomic E-state index is 12.8. The lowest BCUT2D eigenvalue weighted by molar-refractivity contribution is 0.0527. The summed E-state index contributed by atoms with van der Waals surface area (Å²) in [4.78, 5) is 25.1. The maximum atomic E-state index is 12.8. The summed E-state index contributed by atoms with van der Waals surface area (Å²) >= 11 is 1.08. The van der Waals surface area contributed by atoms with Crippen LogP contribution in [0.3, 0.4) is 0 Å². The lowest BCUT2D eigenvalue weighted by Crippen LogP contribution is -2.18. The number of thiophene rings is 1. The Bertz CT molecular complexity index is 1120. The molecule has 9 heteroatoms. The molecule has 0 atom stereocenters. The molecule has 0 fully saturated rings. The number of ether oxygens (including phenoxy) is 1. The van der Waals surface area contributed by atoms with Crippen molar-refractivity contribution in [1.82, 2.24) is 0 Å². The van der Waals surface area contributed by atoms with Gasteiger partial charge in [0.05, 0.1) is 28.4 Å². The van der Waals surface area contributed by atoms with Crippen LogP contribution in [0.1, 0.15) is 27.0 Å². The van der Waals surface area contributed by atoms with Crippen LogP contribution in [0.2, 0.25) is 0 Å². The second kappa shape index (κ2) is 8.89. The summed E-state index contributed by atoms with van der Waals surface area (Å²) in [5.41, 5.74) is 0.650. The molecule has 2 N–H and O–H groups in total. The third-order valence-corrected chi connectivity index (χ3v) is 6.13. The molecule has 0 aliphatic carbocycles. The van der Waals surface area contributed by atoms with E-state index >= 15 is 0 Å². The Balaban J connectivity index is 1.83. The van der Waals surface area contributed by atoms with Gasteiger partial charge in [-0.25, -0.2) is 13.2 Å². The molecule has 0 saturated carbocycles. The lowest BCUT2D eigenvalue weighted by Gasteiger charge is -2.11. The Morgan fingerprint density at radius 3 is 2.38 bits per heavy atom. The van der Waals surface area contributed by atoms with Gasteiger partial charge in [-0.15, -0.1) is 11.3 Å². The summed E-state index contributed by atoms with van der Waals surface area (Å²) in [6, 6.07) is 15.8. The van der Waals surface area contributed by atoms with Gasteiger partial charge in [0.25, 0.3) is 15.9 Å². The van der Waals surface area contributed by atoms with Crippen molar-refractivity contribution in [1.29, 1.82) is 0 Å². The zero-order valence-corrected chi connectivity index (χ0v) is 17.0. The SMILES string of the molecule is CCOC(=O)c1ccccc1NC(=O)c1sccc1NS(=O)(=O)c1ccccc1. The molecule has 0 bridgehead atoms. The highest BCUT2D eigenvalue weighted by atomic mass is 32.2. The Kier molecular flexibility index (Phi) is 6.30. The molecular formula is C20H18N2O5S2. The Morgan fingerprint density at radius 2 is 1.66 bits per heavy atom. The number of para-hydroxylation sites is 1. The number of sulfonamides is 1. The number of nitrogens with one attached hydrogen (secondary N) is 2. The average molecular weight is 431 g/mol. The number of anilines is 2. The third kappa shape index (κ3) is 4.82. The van der Waals surface area contributed by atoms with Gasteiger partial charge in [0.2, 0.25) is 0 Å². The second-order valence-electron chi connectivity index (χ2n) is 5.80. The number of hydrogen-bond acceptors (Lipinski definition) is 6. The smallest absolute Gasteiger partial charge is 0.340 e. The largest absolute Gasteiger partial charge is 0.462 e. The van der Waals surface area contributed by atoms with Crippen molar-refractivity contribution >= 4 is 44.6 Å². The molecule has 1 aromatic heterocycles. The second-order valence-corrected chi connectivity index (χ2v) is 8.40. The van der Waals surface area contributed by atoms with Gasteiger partial charge in [0, 0.05) is 0 Å². The molecule has 0 aliphatic rings. The van der Waals surface area contributed by atoms with Crippen LogP contribution in [0.15, 0.2) is 70.9 Å². The van der Waals surface area contributed by atoms with Crippen LogP contribution in [0.5, 0.6) is 0 Å². The van der Waals surface area contributed by atoms with Crippen LogP contribution in [0.4, 0.5) is 11.4 Å². The van der Waals surface area contributed by atoms with Gasteiger partial charge in [-0.05, 0) is 42.6 Å². The first-order valence-electron chi connectivity index (χ1n) is 8.65. The van der Waals surface area contributed by atoms with E-state index in [4.69, 9.17) is 4.74 Å². The van der Waals surface area contributed by atoms with Gasteiger partial charge in [-0.2, -0.15) is 0 Å². The molecule has 0 radical (unpaired) electrons. The predicted molar refractivity (Wildman–Crippen MR) is 112 cm³/mol. The van der Waals surface area contributed by atoms with E-state index < -0.39 is 21.9 Å². The minimum absolute atomic E-state index is 0.0882. The molecule has 0 saturated heterocycles. The van der Waals surface area contributed by atoms with Crippen LogP contribution < -0.4 is 10.0 Å². The van der Waals surface area contributed by atoms with Crippen molar-refractivity contribution < 1.29 is 22.7 Å². The zero-order valence-electron chi connectivity index (χ0n) is 15.4. The summed E-state index contributed by atoms with van der Waals surface area (Å²) in [5, 5.41) is 4.26. The van der Waals surface area contributed by atoms with Crippen molar-refractivity contribution in [3.63, 3.8) is 0 Å². The highest BCUT2D eigenvalue weighted by Crippen LogP contribution is 2.27. The topological polar surface area (TPSA) is 102 Å². The van der Waals surface area contributed by atoms with E-state index in [2.05, 4.69) is 10.0 Å². The molecule has 1 amide bonds. The fourth-order valence-electron chi connectivity index (χ4n) is 2.53. The van der Waals surface area contributed by atoms with Crippen LogP contribution in [-0.2, 0) is 14.8 Å². The Hall–Kier alpha value is -3.17. The lowest BCUT2D eigenvalue weighted by atomic mass is 10.1. The van der Waals surface area contributed by atoms with Gasteiger partial charge < -0.3 is 10.1 Å². The average Bonchev–Trinajstić information content (AvgIpc) is 3.17. The minimum Gasteiger partial charge on any atom is -0.462 e. The first kappa shape index (κ1) is 20.6. The summed E-state index contributed by atoms with van der Waals surface area (Å²) in [6.45, 7) is 1.90. The zero-order chi connectivity index (χ0) is 20.9. The number of benzene rings is 2. The van der Waals surface area contributed by atoms with E-state index in [1.807, 2.05) is 0 Å². The monoisotopic (exact) mass is 430 g/mol. The standard InChI is InChI=1S/C20H18N2O5S2/c1-2-27-20(24)15-10-6-7-11-16(15)21-19(23)18-17(12-13-28-18)22-29(25,26)14-8-4-3-5-9-14/h3-13,22H,2H2,1H3,(H,21,23). The number of esters is 1. The summed E-state index contributed by atoms with van der Waals surface area (Å²) in [6.07, 6.45) is 0. The minimum atomic E-state index is -3.84. The highest BCUT2D eigenvalue weighted by Gasteiger charge is 2.21. The van der Waals surface area contributed by atoms with E-state index in [0.29, 0.717) is 0 Å². The van der Waals surface area contributed by atoms with Gasteiger partial charge >= 0.3 is 5.97 Å². The normalized spacial score (nSPS) is 10.9. The number of rotatable bonds is 7. The number of amides is 1. The fourth-order valence-corrected chi connectivity index (χ4v) is 4.43. The van der Waals surface area contributed by atoms with Crippen LogP contribution >= 0.6 is 11.3 Å². The van der Waals surface area contributed by atoms with E-state index in [9.17, 15) is 18.0 Å². The van der Waals surface area contributed by atoms with Crippen molar-refractivity contribution in [2.45, 2.75) is 11.8 Å². The summed E-state index contributed by atoms with van der Waals surface area (Å²) < 4.78 is 32.5. The third-order valence-electron chi connectivity index (χ3n) is 3.84. The summed E-state index contributed by atoms with van der Waals surface area (Å²) in [5.74, 6) is -1.10. The van der Waals surface area contributed by atoms with Crippen molar-refractivity contribution in [2.24, 2.45) is 0 Å². The Labute approximate surface area is 172 Å². The van der Waals surface area contributed by atoms with Gasteiger partial charge in [-0.1, -0.05) is 30.3 Å². The molecule has 1 heterocycles. The first-order valence-corrected chi connectivity index (χ1v) is 11.0. The molecule has 150 valence electrons. The molecule has 2 aromatic carbocycles. The molecule has 0 aliphatic heterocycles. The highest BCUT2D eigenvalue weighted by molar-refractivity contribution is 7.92. The molecule has 3 aromatic rings. The Morgan fingerprint density at radius 1 is 0.966 bits per heavy atom. The van der Waals surface area contributed by atoms with Gasteiger partial charge in [-0.3, -0.25) is 9.52 Å². The summed E-state index contributed by atoms with van der Waals surface area (Å²) in [7, 11) is -3.84. The van der Waals surface area contributed by atoms with Crippen molar-refractivity contribution in [3.8, 4) is 0 Å². The van der Waals surface area contributed by atoms with E-state index in [1.54, 1.807) is 54.8 Å². The van der Waals surface area contributed by atoms with E-state index in [-0.39, 0.29) is 33.3 Å². The van der Waals surface area contributed by atoms with Crippen molar-refractivity contribution in [3.05, 3.63) is 76.5 Å². The van der Waals surface area contributed by atoms with Crippen LogP contribution in [-0.4, -0.2) is 26.9 Å². The van der Waals surface area contributed by atoms with Gasteiger partial charge in [0.1, 0.15) is 4.88 Å². The molecule has 0 unspecified atom stereocenters. The maximum Gasteiger partial charge on any atom is 0.340 e. The van der Waals surface area contributed by atoms with E-state index in [1.165, 1.54) is 18.2 Å². The van der Waals surface area contributed by atoms with Crippen LogP contribution in [0.25, 0.3) is 0 Å². The number of carbonyl (C=O) groups excluding carboxylic acids is 2. The van der Waals surface area contributed by atoms with Crippen molar-refractivity contribution in [2.75, 3.05) is 16.6 Å². The number of carbonyl (C=O) groups is 2. The molecule has 3 rings (SSSR count). The molecule has 0 spiro atoms. The first-order chi connectivity index (χ1) is 13.9. The predicted octanol–water partition coefficient (Wildman–Crippen LogP) is 3.98. The molecule has 29 heavy (non-hydrogen) atoms. The quantitative estimate of drug-likeness (QED) is 0.552.